The summed E-state index contributed by atoms with van der Waals surface area (Å²) in [6.45, 7) is 4.25. The molecule has 3 heteroatoms. The summed E-state index contributed by atoms with van der Waals surface area (Å²) in [5.41, 5.74) is 1.13. The standard InChI is InChI=1S/C14H27N3/c1-3-4-5-6-7-8-9-10-17-12-14(11-15-2)16-13-17/h12-13,15H,3-11H2,1-2H3. The topological polar surface area (TPSA) is 29.9 Å². The summed E-state index contributed by atoms with van der Waals surface area (Å²) in [6, 6.07) is 0. The zero-order valence-electron chi connectivity index (χ0n) is 11.4. The van der Waals surface area contributed by atoms with Crippen LogP contribution in [0.15, 0.2) is 12.5 Å². The van der Waals surface area contributed by atoms with Crippen LogP contribution in [-0.4, -0.2) is 16.6 Å². The number of hydrogen-bond acceptors (Lipinski definition) is 2. The van der Waals surface area contributed by atoms with Crippen molar-refractivity contribution >= 4 is 0 Å². The van der Waals surface area contributed by atoms with Crippen LogP contribution in [0.5, 0.6) is 0 Å². The Morgan fingerprint density at radius 1 is 1.12 bits per heavy atom. The largest absolute Gasteiger partial charge is 0.337 e. The van der Waals surface area contributed by atoms with E-state index in [4.69, 9.17) is 0 Å². The van der Waals surface area contributed by atoms with Crippen molar-refractivity contribution in [2.45, 2.75) is 65.0 Å². The molecule has 1 N–H and O–H groups in total. The Labute approximate surface area is 106 Å². The van der Waals surface area contributed by atoms with Crippen LogP contribution in [0.1, 0.15) is 57.6 Å². The highest BCUT2D eigenvalue weighted by Crippen LogP contribution is 2.08. The van der Waals surface area contributed by atoms with Gasteiger partial charge in [0.2, 0.25) is 0 Å². The highest BCUT2D eigenvalue weighted by molar-refractivity contribution is 4.95. The maximum absolute atomic E-state index is 4.35. The Balaban J connectivity index is 2.01. The van der Waals surface area contributed by atoms with Gasteiger partial charge in [0.25, 0.3) is 0 Å². The average Bonchev–Trinajstić information content (AvgIpc) is 2.76. The van der Waals surface area contributed by atoms with E-state index < -0.39 is 0 Å². The van der Waals surface area contributed by atoms with Gasteiger partial charge in [0.15, 0.2) is 0 Å². The van der Waals surface area contributed by atoms with E-state index in [1.165, 1.54) is 44.9 Å². The molecule has 1 heterocycles. The van der Waals surface area contributed by atoms with Crippen molar-refractivity contribution in [1.29, 1.82) is 0 Å². The average molecular weight is 237 g/mol. The summed E-state index contributed by atoms with van der Waals surface area (Å²) in [4.78, 5) is 4.35. The molecular weight excluding hydrogens is 210 g/mol. The molecule has 0 bridgehead atoms. The van der Waals surface area contributed by atoms with E-state index in [1.807, 2.05) is 13.4 Å². The third-order valence-electron chi connectivity index (χ3n) is 3.06. The highest BCUT2D eigenvalue weighted by Gasteiger charge is 1.97. The zero-order chi connectivity index (χ0) is 12.3. The lowest BCUT2D eigenvalue weighted by atomic mass is 10.1. The summed E-state index contributed by atoms with van der Waals surface area (Å²) in [5, 5.41) is 3.12. The van der Waals surface area contributed by atoms with Gasteiger partial charge in [-0.3, -0.25) is 0 Å². The number of nitrogens with zero attached hydrogens (tertiary/aromatic N) is 2. The van der Waals surface area contributed by atoms with Crippen LogP contribution in [0.3, 0.4) is 0 Å². The molecule has 0 aliphatic carbocycles. The van der Waals surface area contributed by atoms with Gasteiger partial charge in [-0.25, -0.2) is 4.98 Å². The molecule has 1 aromatic heterocycles. The molecule has 0 unspecified atom stereocenters. The maximum atomic E-state index is 4.35. The smallest absolute Gasteiger partial charge is 0.0949 e. The fraction of sp³-hybridized carbons (Fsp3) is 0.786. The second-order valence-electron chi connectivity index (χ2n) is 4.75. The molecule has 0 spiro atoms. The van der Waals surface area contributed by atoms with Gasteiger partial charge in [-0.15, -0.1) is 0 Å². The molecule has 98 valence electrons. The molecule has 0 saturated heterocycles. The molecular formula is C14H27N3. The first-order valence-corrected chi connectivity index (χ1v) is 7.02. The first kappa shape index (κ1) is 14.2. The molecule has 0 atom stereocenters. The Hall–Kier alpha value is -0.830. The van der Waals surface area contributed by atoms with E-state index in [1.54, 1.807) is 0 Å². The van der Waals surface area contributed by atoms with E-state index in [0.717, 1.165) is 18.8 Å². The minimum Gasteiger partial charge on any atom is -0.337 e. The van der Waals surface area contributed by atoms with Gasteiger partial charge >= 0.3 is 0 Å². The number of imidazole rings is 1. The summed E-state index contributed by atoms with van der Waals surface area (Å²) < 4.78 is 2.21. The molecule has 1 aromatic rings. The van der Waals surface area contributed by atoms with E-state index in [-0.39, 0.29) is 0 Å². The minimum atomic E-state index is 0.865. The Kier molecular flexibility index (Phi) is 7.72. The quantitative estimate of drug-likeness (QED) is 0.632. The molecule has 0 radical (unpaired) electrons. The Morgan fingerprint density at radius 2 is 1.82 bits per heavy atom. The van der Waals surface area contributed by atoms with Crippen molar-refractivity contribution in [2.75, 3.05) is 7.05 Å². The normalized spacial score (nSPS) is 10.9. The molecule has 0 amide bonds. The first-order chi connectivity index (χ1) is 8.36. The summed E-state index contributed by atoms with van der Waals surface area (Å²) >= 11 is 0. The molecule has 0 aromatic carbocycles. The van der Waals surface area contributed by atoms with Crippen molar-refractivity contribution in [1.82, 2.24) is 14.9 Å². The van der Waals surface area contributed by atoms with Crippen LogP contribution in [0.25, 0.3) is 0 Å². The maximum Gasteiger partial charge on any atom is 0.0949 e. The summed E-state index contributed by atoms with van der Waals surface area (Å²) in [5.74, 6) is 0. The van der Waals surface area contributed by atoms with E-state index in [9.17, 15) is 0 Å². The fourth-order valence-corrected chi connectivity index (χ4v) is 2.05. The second-order valence-corrected chi connectivity index (χ2v) is 4.75. The predicted molar refractivity (Wildman–Crippen MR) is 73.0 cm³/mol. The highest BCUT2D eigenvalue weighted by atomic mass is 15.0. The molecule has 0 saturated carbocycles. The van der Waals surface area contributed by atoms with Gasteiger partial charge in [0.1, 0.15) is 0 Å². The van der Waals surface area contributed by atoms with Gasteiger partial charge in [0, 0.05) is 19.3 Å². The van der Waals surface area contributed by atoms with Crippen LogP contribution >= 0.6 is 0 Å². The van der Waals surface area contributed by atoms with Crippen molar-refractivity contribution < 1.29 is 0 Å². The second kappa shape index (κ2) is 9.23. The third kappa shape index (κ3) is 6.47. The monoisotopic (exact) mass is 237 g/mol. The van der Waals surface area contributed by atoms with Gasteiger partial charge < -0.3 is 9.88 Å². The number of aryl methyl sites for hydroxylation is 1. The number of hydrogen-bond donors (Lipinski definition) is 1. The lowest BCUT2D eigenvalue weighted by molar-refractivity contribution is 0.549. The number of aromatic nitrogens is 2. The van der Waals surface area contributed by atoms with Crippen LogP contribution in [0, 0.1) is 0 Å². The Morgan fingerprint density at radius 3 is 2.53 bits per heavy atom. The summed E-state index contributed by atoms with van der Waals surface area (Å²) in [7, 11) is 1.95. The number of unbranched alkanes of at least 4 members (excludes halogenated alkanes) is 6. The van der Waals surface area contributed by atoms with Crippen LogP contribution in [0.4, 0.5) is 0 Å². The van der Waals surface area contributed by atoms with Crippen molar-refractivity contribution in [3.63, 3.8) is 0 Å². The lowest BCUT2D eigenvalue weighted by Crippen LogP contribution is -2.05. The zero-order valence-corrected chi connectivity index (χ0v) is 11.4. The number of nitrogens with one attached hydrogen (secondary N) is 1. The summed E-state index contributed by atoms with van der Waals surface area (Å²) in [6.07, 6.45) is 13.7. The van der Waals surface area contributed by atoms with Crippen LogP contribution < -0.4 is 5.32 Å². The van der Waals surface area contributed by atoms with Gasteiger partial charge in [-0.05, 0) is 13.5 Å². The van der Waals surface area contributed by atoms with E-state index in [0.29, 0.717) is 0 Å². The molecule has 3 nitrogen and oxygen atoms in total. The Bertz CT molecular complexity index is 281. The molecule has 0 aliphatic rings. The van der Waals surface area contributed by atoms with Crippen molar-refractivity contribution in [3.05, 3.63) is 18.2 Å². The van der Waals surface area contributed by atoms with Crippen LogP contribution in [-0.2, 0) is 13.1 Å². The van der Waals surface area contributed by atoms with E-state index in [2.05, 4.69) is 28.0 Å². The third-order valence-corrected chi connectivity index (χ3v) is 3.06. The van der Waals surface area contributed by atoms with Gasteiger partial charge in [0.05, 0.1) is 12.0 Å². The predicted octanol–water partition coefficient (Wildman–Crippen LogP) is 3.35. The van der Waals surface area contributed by atoms with Crippen molar-refractivity contribution in [2.24, 2.45) is 0 Å². The molecule has 17 heavy (non-hydrogen) atoms. The molecule has 0 fully saturated rings. The first-order valence-electron chi connectivity index (χ1n) is 7.02. The molecule has 1 rings (SSSR count). The molecule has 0 aliphatic heterocycles. The van der Waals surface area contributed by atoms with Gasteiger partial charge in [-0.2, -0.15) is 0 Å². The van der Waals surface area contributed by atoms with E-state index >= 15 is 0 Å². The minimum absolute atomic E-state index is 0.865. The van der Waals surface area contributed by atoms with Crippen molar-refractivity contribution in [3.8, 4) is 0 Å². The fourth-order valence-electron chi connectivity index (χ4n) is 2.05. The lowest BCUT2D eigenvalue weighted by Gasteiger charge is -2.02. The number of rotatable bonds is 10. The SMILES string of the molecule is CCCCCCCCCn1cnc(CNC)c1. The van der Waals surface area contributed by atoms with Crippen LogP contribution in [0.2, 0.25) is 0 Å². The van der Waals surface area contributed by atoms with Gasteiger partial charge in [-0.1, -0.05) is 45.4 Å².